The van der Waals surface area contributed by atoms with Crippen molar-refractivity contribution in [1.29, 1.82) is 0 Å². The van der Waals surface area contributed by atoms with Crippen LogP contribution in [0.25, 0.3) is 0 Å². The number of nitrogens with one attached hydrogen (secondary N) is 1. The van der Waals surface area contributed by atoms with Crippen molar-refractivity contribution in [3.63, 3.8) is 0 Å². The zero-order chi connectivity index (χ0) is 12.3. The van der Waals surface area contributed by atoms with Gasteiger partial charge in [0.25, 0.3) is 0 Å². The van der Waals surface area contributed by atoms with Gasteiger partial charge in [0.05, 0.1) is 5.60 Å². The fourth-order valence-corrected chi connectivity index (χ4v) is 2.47. The number of β-amino-alcohol motifs (C(OH)–C–C–N with tert-alkyl or cyclic N) is 1. The summed E-state index contributed by atoms with van der Waals surface area (Å²) in [4.78, 5) is 2.32. The van der Waals surface area contributed by atoms with Gasteiger partial charge in [-0.3, -0.25) is 4.90 Å². The van der Waals surface area contributed by atoms with E-state index in [1.807, 2.05) is 14.0 Å². The van der Waals surface area contributed by atoms with Gasteiger partial charge in [-0.2, -0.15) is 0 Å². The summed E-state index contributed by atoms with van der Waals surface area (Å²) in [5.74, 6) is 0. The van der Waals surface area contributed by atoms with E-state index in [0.717, 1.165) is 32.6 Å². The molecule has 1 unspecified atom stereocenters. The lowest BCUT2D eigenvalue weighted by molar-refractivity contribution is 0.0679. The lowest BCUT2D eigenvalue weighted by Crippen LogP contribution is -2.29. The average Bonchev–Trinajstić information content (AvgIpc) is 2.59. The molecule has 1 fully saturated rings. The Morgan fingerprint density at radius 3 is 2.58 bits per heavy atom. The van der Waals surface area contributed by atoms with Crippen LogP contribution in [0, 0.1) is 0 Å². The van der Waals surface area contributed by atoms with Crippen LogP contribution in [-0.4, -0.2) is 35.7 Å². The van der Waals surface area contributed by atoms with Crippen molar-refractivity contribution >= 4 is 24.8 Å². The lowest BCUT2D eigenvalue weighted by Gasteiger charge is -2.19. The Labute approximate surface area is 128 Å². The highest BCUT2D eigenvalue weighted by Crippen LogP contribution is 2.22. The minimum Gasteiger partial charge on any atom is -0.389 e. The molecule has 5 heteroatoms. The summed E-state index contributed by atoms with van der Waals surface area (Å²) >= 11 is 0. The van der Waals surface area contributed by atoms with E-state index in [2.05, 4.69) is 34.5 Å². The minimum absolute atomic E-state index is 0. The zero-order valence-corrected chi connectivity index (χ0v) is 13.2. The Bertz CT molecular complexity index is 385. The van der Waals surface area contributed by atoms with Crippen LogP contribution in [0.4, 0.5) is 0 Å². The van der Waals surface area contributed by atoms with Crippen LogP contribution in [-0.2, 0) is 13.1 Å². The molecular formula is C14H24Cl2N2O. The summed E-state index contributed by atoms with van der Waals surface area (Å²) in [6.45, 7) is 5.54. The number of hydrogen-bond donors (Lipinski definition) is 2. The molecule has 2 N–H and O–H groups in total. The zero-order valence-electron chi connectivity index (χ0n) is 11.6. The fourth-order valence-electron chi connectivity index (χ4n) is 2.47. The molecule has 110 valence electrons. The highest BCUT2D eigenvalue weighted by molar-refractivity contribution is 5.85. The van der Waals surface area contributed by atoms with Crippen LogP contribution < -0.4 is 5.32 Å². The molecule has 0 saturated carbocycles. The molecule has 1 heterocycles. The predicted molar refractivity (Wildman–Crippen MR) is 84.2 cm³/mol. The van der Waals surface area contributed by atoms with Gasteiger partial charge in [0, 0.05) is 26.2 Å². The largest absolute Gasteiger partial charge is 0.389 e. The molecular weight excluding hydrogens is 283 g/mol. The summed E-state index contributed by atoms with van der Waals surface area (Å²) in [7, 11) is 1.96. The summed E-state index contributed by atoms with van der Waals surface area (Å²) in [5.41, 5.74) is 2.15. The SMILES string of the molecule is CNCc1cccc(CN2CCC(C)(O)C2)c1.Cl.Cl. The Kier molecular flexibility index (Phi) is 7.94. The Balaban J connectivity index is 0.00000162. The van der Waals surface area contributed by atoms with E-state index < -0.39 is 5.60 Å². The first-order chi connectivity index (χ1) is 8.09. The van der Waals surface area contributed by atoms with Crippen molar-refractivity contribution in [3.05, 3.63) is 35.4 Å². The third-order valence-electron chi connectivity index (χ3n) is 3.31. The maximum absolute atomic E-state index is 9.93. The van der Waals surface area contributed by atoms with E-state index in [1.165, 1.54) is 11.1 Å². The number of likely N-dealkylation sites (tertiary alicyclic amines) is 1. The molecule has 1 aliphatic rings. The van der Waals surface area contributed by atoms with Crippen LogP contribution in [0.1, 0.15) is 24.5 Å². The van der Waals surface area contributed by atoms with Crippen molar-refractivity contribution in [2.24, 2.45) is 0 Å². The van der Waals surface area contributed by atoms with Gasteiger partial charge in [0.15, 0.2) is 0 Å². The minimum atomic E-state index is -0.497. The van der Waals surface area contributed by atoms with E-state index in [9.17, 15) is 5.11 Å². The third kappa shape index (κ3) is 5.67. The van der Waals surface area contributed by atoms with Crippen LogP contribution in [0.2, 0.25) is 0 Å². The number of hydrogen-bond acceptors (Lipinski definition) is 3. The molecule has 0 aliphatic carbocycles. The molecule has 2 rings (SSSR count). The van der Waals surface area contributed by atoms with Crippen LogP contribution in [0.3, 0.4) is 0 Å². The molecule has 19 heavy (non-hydrogen) atoms. The van der Waals surface area contributed by atoms with Crippen LogP contribution in [0.15, 0.2) is 24.3 Å². The molecule has 0 radical (unpaired) electrons. The van der Waals surface area contributed by atoms with E-state index in [-0.39, 0.29) is 24.8 Å². The van der Waals surface area contributed by atoms with Crippen molar-refractivity contribution in [3.8, 4) is 0 Å². The predicted octanol–water partition coefficient (Wildman–Crippen LogP) is 2.21. The average molecular weight is 307 g/mol. The van der Waals surface area contributed by atoms with Gasteiger partial charge in [0.1, 0.15) is 0 Å². The van der Waals surface area contributed by atoms with E-state index >= 15 is 0 Å². The van der Waals surface area contributed by atoms with E-state index in [0.29, 0.717) is 0 Å². The normalized spacial score (nSPS) is 22.7. The van der Waals surface area contributed by atoms with Gasteiger partial charge in [-0.1, -0.05) is 24.3 Å². The van der Waals surface area contributed by atoms with Gasteiger partial charge < -0.3 is 10.4 Å². The molecule has 0 spiro atoms. The molecule has 0 aromatic heterocycles. The summed E-state index contributed by atoms with van der Waals surface area (Å²) in [6, 6.07) is 8.64. The smallest absolute Gasteiger partial charge is 0.0758 e. The van der Waals surface area contributed by atoms with Crippen molar-refractivity contribution in [1.82, 2.24) is 10.2 Å². The molecule has 1 atom stereocenters. The maximum atomic E-state index is 9.93. The van der Waals surface area contributed by atoms with Crippen molar-refractivity contribution < 1.29 is 5.11 Å². The van der Waals surface area contributed by atoms with Gasteiger partial charge in [0.2, 0.25) is 0 Å². The first-order valence-corrected chi connectivity index (χ1v) is 6.26. The lowest BCUT2D eigenvalue weighted by atomic mass is 10.1. The third-order valence-corrected chi connectivity index (χ3v) is 3.31. The molecule has 1 aromatic carbocycles. The first kappa shape index (κ1) is 18.7. The molecule has 1 aromatic rings. The standard InChI is InChI=1S/C14H22N2O.2ClH/c1-14(17)6-7-16(11-14)10-13-5-3-4-12(8-13)9-15-2;;/h3-5,8,15,17H,6-7,9-11H2,1-2H3;2*1H. The number of nitrogens with zero attached hydrogens (tertiary/aromatic N) is 1. The quantitative estimate of drug-likeness (QED) is 0.895. The second-order valence-electron chi connectivity index (χ2n) is 5.31. The Morgan fingerprint density at radius 2 is 2.00 bits per heavy atom. The highest BCUT2D eigenvalue weighted by atomic mass is 35.5. The summed E-state index contributed by atoms with van der Waals surface area (Å²) in [5, 5.41) is 13.1. The summed E-state index contributed by atoms with van der Waals surface area (Å²) in [6.07, 6.45) is 0.878. The highest BCUT2D eigenvalue weighted by Gasteiger charge is 2.30. The van der Waals surface area contributed by atoms with Gasteiger partial charge in [-0.05, 0) is 31.5 Å². The van der Waals surface area contributed by atoms with Crippen molar-refractivity contribution in [2.75, 3.05) is 20.1 Å². The number of benzene rings is 1. The molecule has 1 aliphatic heterocycles. The molecule has 0 amide bonds. The molecule has 0 bridgehead atoms. The monoisotopic (exact) mass is 306 g/mol. The molecule has 3 nitrogen and oxygen atoms in total. The molecule has 1 saturated heterocycles. The maximum Gasteiger partial charge on any atom is 0.0758 e. The topological polar surface area (TPSA) is 35.5 Å². The first-order valence-electron chi connectivity index (χ1n) is 6.26. The summed E-state index contributed by atoms with van der Waals surface area (Å²) < 4.78 is 0. The number of rotatable bonds is 4. The number of aliphatic hydroxyl groups is 1. The van der Waals surface area contributed by atoms with E-state index in [4.69, 9.17) is 0 Å². The van der Waals surface area contributed by atoms with Crippen LogP contribution in [0.5, 0.6) is 0 Å². The Hall–Kier alpha value is -0.320. The van der Waals surface area contributed by atoms with Gasteiger partial charge in [-0.25, -0.2) is 0 Å². The van der Waals surface area contributed by atoms with Gasteiger partial charge >= 0.3 is 0 Å². The Morgan fingerprint density at radius 1 is 1.32 bits per heavy atom. The second-order valence-corrected chi connectivity index (χ2v) is 5.31. The van der Waals surface area contributed by atoms with Crippen LogP contribution >= 0.6 is 24.8 Å². The number of halogens is 2. The van der Waals surface area contributed by atoms with Crippen molar-refractivity contribution in [2.45, 2.75) is 32.0 Å². The van der Waals surface area contributed by atoms with E-state index in [1.54, 1.807) is 0 Å². The second kappa shape index (κ2) is 8.08. The fraction of sp³-hybridized carbons (Fsp3) is 0.571. The van der Waals surface area contributed by atoms with Gasteiger partial charge in [-0.15, -0.1) is 24.8 Å².